The number of anilines is 1. The molecule has 4 rings (SSSR count). The van der Waals surface area contributed by atoms with Crippen molar-refractivity contribution < 1.29 is 13.2 Å². The number of aromatic nitrogens is 2. The van der Waals surface area contributed by atoms with Gasteiger partial charge in [-0.05, 0) is 49.2 Å². The van der Waals surface area contributed by atoms with E-state index in [4.69, 9.17) is 11.6 Å². The van der Waals surface area contributed by atoms with E-state index < -0.39 is 10.0 Å². The number of nitrogens with one attached hydrogen (secondary N) is 1. The van der Waals surface area contributed by atoms with Crippen LogP contribution in [0.3, 0.4) is 0 Å². The monoisotopic (exact) mass is 418 g/mol. The Morgan fingerprint density at radius 2 is 2.07 bits per heavy atom. The Bertz CT molecular complexity index is 1190. The zero-order chi connectivity index (χ0) is 20.1. The number of pyridine rings is 1. The van der Waals surface area contributed by atoms with E-state index in [0.29, 0.717) is 28.4 Å². The van der Waals surface area contributed by atoms with Crippen LogP contribution in [-0.4, -0.2) is 36.0 Å². The Balaban J connectivity index is 1.50. The highest BCUT2D eigenvalue weighted by Crippen LogP contribution is 2.34. The van der Waals surface area contributed by atoms with Crippen molar-refractivity contribution in [1.29, 1.82) is 0 Å². The highest BCUT2D eigenvalue weighted by atomic mass is 35.5. The molecule has 1 atom stereocenters. The average Bonchev–Trinajstić information content (AvgIpc) is 3.17. The largest absolute Gasteiger partial charge is 0.346 e. The Hall–Kier alpha value is -2.58. The number of fused-ring (bicyclic) bond motifs is 2. The van der Waals surface area contributed by atoms with Gasteiger partial charge >= 0.3 is 0 Å². The van der Waals surface area contributed by atoms with E-state index in [2.05, 4.69) is 10.3 Å². The van der Waals surface area contributed by atoms with Crippen LogP contribution in [0.25, 0.3) is 5.65 Å². The van der Waals surface area contributed by atoms with Gasteiger partial charge < -0.3 is 9.72 Å². The maximum Gasteiger partial charge on any atom is 0.251 e. The molecule has 1 aliphatic rings. The van der Waals surface area contributed by atoms with Crippen LogP contribution < -0.4 is 9.62 Å². The normalized spacial score (nSPS) is 16.4. The molecule has 0 fully saturated rings. The van der Waals surface area contributed by atoms with Gasteiger partial charge in [0.2, 0.25) is 10.0 Å². The molecule has 0 aliphatic carbocycles. The number of amides is 1. The van der Waals surface area contributed by atoms with Gasteiger partial charge in [0.1, 0.15) is 5.65 Å². The van der Waals surface area contributed by atoms with Crippen molar-refractivity contribution in [2.45, 2.75) is 25.9 Å². The van der Waals surface area contributed by atoms with E-state index in [9.17, 15) is 13.2 Å². The predicted octanol–water partition coefficient (Wildman–Crippen LogP) is 2.63. The number of sulfonamides is 1. The zero-order valence-electron chi connectivity index (χ0n) is 15.4. The molecule has 1 N–H and O–H groups in total. The third-order valence-electron chi connectivity index (χ3n) is 4.75. The van der Waals surface area contributed by atoms with Crippen LogP contribution in [0.1, 0.15) is 28.5 Å². The molecular weight excluding hydrogens is 400 g/mol. The second-order valence-corrected chi connectivity index (χ2v) is 9.28. The lowest BCUT2D eigenvalue weighted by atomic mass is 10.1. The molecule has 0 bridgehead atoms. The number of benzene rings is 1. The molecule has 3 aromatic rings. The molecule has 0 radical (unpaired) electrons. The highest BCUT2D eigenvalue weighted by Gasteiger charge is 2.32. The van der Waals surface area contributed by atoms with Crippen LogP contribution in [0.15, 0.2) is 42.7 Å². The molecule has 2 aromatic heterocycles. The molecule has 9 heteroatoms. The van der Waals surface area contributed by atoms with Crippen molar-refractivity contribution in [2.24, 2.45) is 0 Å². The van der Waals surface area contributed by atoms with Crippen LogP contribution in [0.4, 0.5) is 5.69 Å². The highest BCUT2D eigenvalue weighted by molar-refractivity contribution is 7.92. The van der Waals surface area contributed by atoms with Crippen LogP contribution in [0, 0.1) is 0 Å². The minimum Gasteiger partial charge on any atom is -0.346 e. The van der Waals surface area contributed by atoms with Gasteiger partial charge in [-0.1, -0.05) is 11.6 Å². The van der Waals surface area contributed by atoms with Gasteiger partial charge in [-0.2, -0.15) is 0 Å². The zero-order valence-corrected chi connectivity index (χ0v) is 17.0. The van der Waals surface area contributed by atoms with E-state index in [1.54, 1.807) is 34.9 Å². The summed E-state index contributed by atoms with van der Waals surface area (Å²) in [5, 5.41) is 3.46. The van der Waals surface area contributed by atoms with Crippen LogP contribution in [0.5, 0.6) is 0 Å². The third-order valence-corrected chi connectivity index (χ3v) is 6.24. The summed E-state index contributed by atoms with van der Waals surface area (Å²) in [7, 11) is -3.35. The predicted molar refractivity (Wildman–Crippen MR) is 108 cm³/mol. The number of hydrogen-bond donors (Lipinski definition) is 1. The minimum atomic E-state index is -3.35. The summed E-state index contributed by atoms with van der Waals surface area (Å²) in [6.45, 7) is 2.14. The van der Waals surface area contributed by atoms with Crippen molar-refractivity contribution in [2.75, 3.05) is 10.6 Å². The summed E-state index contributed by atoms with van der Waals surface area (Å²) >= 11 is 5.97. The Kier molecular flexibility index (Phi) is 4.55. The van der Waals surface area contributed by atoms with Crippen LogP contribution >= 0.6 is 11.6 Å². The van der Waals surface area contributed by atoms with Crippen molar-refractivity contribution in [1.82, 2.24) is 14.7 Å². The number of nitrogens with zero attached hydrogens (tertiary/aromatic N) is 3. The quantitative estimate of drug-likeness (QED) is 0.705. The lowest BCUT2D eigenvalue weighted by Gasteiger charge is -2.21. The van der Waals surface area contributed by atoms with Crippen molar-refractivity contribution in [3.05, 3.63) is 64.6 Å². The number of rotatable bonds is 4. The fourth-order valence-corrected chi connectivity index (χ4v) is 5.06. The minimum absolute atomic E-state index is 0.159. The van der Waals surface area contributed by atoms with Gasteiger partial charge in [0.15, 0.2) is 0 Å². The Morgan fingerprint density at radius 3 is 2.82 bits per heavy atom. The lowest BCUT2D eigenvalue weighted by molar-refractivity contribution is 0.0950. The van der Waals surface area contributed by atoms with Crippen molar-refractivity contribution >= 4 is 38.9 Å². The summed E-state index contributed by atoms with van der Waals surface area (Å²) in [5.41, 5.74) is 3.46. The number of imidazole rings is 1. The number of halogens is 1. The summed E-state index contributed by atoms with van der Waals surface area (Å²) in [6, 6.07) is 8.51. The molecule has 1 amide bonds. The van der Waals surface area contributed by atoms with E-state index in [0.717, 1.165) is 11.2 Å². The van der Waals surface area contributed by atoms with E-state index in [1.807, 2.05) is 19.2 Å². The second kappa shape index (κ2) is 6.79. The van der Waals surface area contributed by atoms with Gasteiger partial charge in [-0.25, -0.2) is 13.4 Å². The second-order valence-electron chi connectivity index (χ2n) is 6.98. The maximum absolute atomic E-state index is 12.5. The molecular formula is C19H19ClN4O3S. The standard InChI is InChI=1S/C19H19ClN4O3S/c1-12-7-14-8-13(3-5-17(14)24(12)28(2,26)27)19(25)21-9-16-11-23-10-15(20)4-6-18(23)22-16/h3-6,8,10-12H,7,9H2,1-2H3,(H,21,25). The van der Waals surface area contributed by atoms with E-state index >= 15 is 0 Å². The fourth-order valence-electron chi connectivity index (χ4n) is 3.62. The fraction of sp³-hybridized carbons (Fsp3) is 0.263. The molecule has 3 heterocycles. The van der Waals surface area contributed by atoms with Crippen molar-refractivity contribution in [3.8, 4) is 0 Å². The van der Waals surface area contributed by atoms with Gasteiger partial charge in [-0.15, -0.1) is 0 Å². The van der Waals surface area contributed by atoms with Crippen LogP contribution in [-0.2, 0) is 23.0 Å². The number of carbonyl (C=O) groups is 1. The summed E-state index contributed by atoms with van der Waals surface area (Å²) in [6.07, 6.45) is 5.35. The smallest absolute Gasteiger partial charge is 0.251 e. The molecule has 28 heavy (non-hydrogen) atoms. The number of hydrogen-bond acceptors (Lipinski definition) is 4. The SMILES string of the molecule is CC1Cc2cc(C(=O)NCc3cn4cc(Cl)ccc4n3)ccc2N1S(C)(=O)=O. The summed E-state index contributed by atoms with van der Waals surface area (Å²) in [4.78, 5) is 17.0. The number of carbonyl (C=O) groups excluding carboxylic acids is 1. The third kappa shape index (κ3) is 3.45. The Morgan fingerprint density at radius 1 is 1.29 bits per heavy atom. The summed E-state index contributed by atoms with van der Waals surface area (Å²) in [5.74, 6) is -0.233. The maximum atomic E-state index is 12.5. The van der Waals surface area contributed by atoms with Crippen LogP contribution in [0.2, 0.25) is 5.02 Å². The van der Waals surface area contributed by atoms with E-state index in [1.165, 1.54) is 10.6 Å². The molecule has 0 saturated heterocycles. The first kappa shape index (κ1) is 18.8. The van der Waals surface area contributed by atoms with Gasteiger partial charge in [-0.3, -0.25) is 9.10 Å². The van der Waals surface area contributed by atoms with Gasteiger partial charge in [0.25, 0.3) is 5.91 Å². The van der Waals surface area contributed by atoms with Crippen molar-refractivity contribution in [3.63, 3.8) is 0 Å². The first-order valence-corrected chi connectivity index (χ1v) is 11.0. The molecule has 1 unspecified atom stereocenters. The van der Waals surface area contributed by atoms with Gasteiger partial charge in [0, 0.05) is 24.0 Å². The Labute approximate surface area is 168 Å². The average molecular weight is 419 g/mol. The molecule has 1 aromatic carbocycles. The molecule has 1 aliphatic heterocycles. The van der Waals surface area contributed by atoms with E-state index in [-0.39, 0.29) is 18.5 Å². The molecule has 7 nitrogen and oxygen atoms in total. The summed E-state index contributed by atoms with van der Waals surface area (Å²) < 4.78 is 27.2. The first-order chi connectivity index (χ1) is 13.2. The molecule has 0 spiro atoms. The first-order valence-electron chi connectivity index (χ1n) is 8.76. The van der Waals surface area contributed by atoms with Gasteiger partial charge in [0.05, 0.1) is 29.2 Å². The molecule has 0 saturated carbocycles. The molecule has 146 valence electrons. The lowest BCUT2D eigenvalue weighted by Crippen LogP contribution is -2.34. The topological polar surface area (TPSA) is 83.8 Å².